The van der Waals surface area contributed by atoms with E-state index in [2.05, 4.69) is 5.32 Å². The van der Waals surface area contributed by atoms with Crippen molar-refractivity contribution in [3.8, 4) is 5.75 Å². The molecule has 2 bridgehead atoms. The summed E-state index contributed by atoms with van der Waals surface area (Å²) in [5, 5.41) is 14.0. The van der Waals surface area contributed by atoms with Crippen LogP contribution in [0.4, 0.5) is 0 Å². The number of ether oxygens (including phenoxy) is 3. The average Bonchev–Trinajstić information content (AvgIpc) is 3.23. The minimum Gasteiger partial charge on any atom is -0.482 e. The lowest BCUT2D eigenvalue weighted by Crippen LogP contribution is -2.61. The smallest absolute Gasteiger partial charge is 0.197 e. The van der Waals surface area contributed by atoms with Crippen LogP contribution in [0.25, 0.3) is 0 Å². The fourth-order valence-corrected chi connectivity index (χ4v) is 3.05. The largest absolute Gasteiger partial charge is 0.482 e. The van der Waals surface area contributed by atoms with Crippen LogP contribution in [0.15, 0.2) is 53.1 Å². The van der Waals surface area contributed by atoms with Crippen LogP contribution in [0.3, 0.4) is 0 Å². The molecule has 0 amide bonds. The molecule has 0 aliphatic carbocycles. The Bertz CT molecular complexity index is 617. The van der Waals surface area contributed by atoms with Gasteiger partial charge >= 0.3 is 0 Å². The predicted molar refractivity (Wildman–Crippen MR) is 80.8 cm³/mol. The third kappa shape index (κ3) is 2.98. The fraction of sp³-hybridized carbons (Fsp3) is 0.412. The van der Waals surface area contributed by atoms with Crippen molar-refractivity contribution in [2.75, 3.05) is 6.61 Å². The van der Waals surface area contributed by atoms with Crippen molar-refractivity contribution in [2.24, 2.45) is 0 Å². The average molecular weight is 317 g/mol. The van der Waals surface area contributed by atoms with Gasteiger partial charge in [0, 0.05) is 0 Å². The first-order valence-corrected chi connectivity index (χ1v) is 7.74. The molecule has 6 nitrogen and oxygen atoms in total. The Hall–Kier alpha value is -1.86. The Morgan fingerprint density at radius 2 is 2.04 bits per heavy atom. The molecule has 2 saturated heterocycles. The zero-order chi connectivity index (χ0) is 15.6. The van der Waals surface area contributed by atoms with Gasteiger partial charge in [0.1, 0.15) is 23.7 Å². The molecular weight excluding hydrogens is 298 g/mol. The maximum Gasteiger partial charge on any atom is 0.197 e. The third-order valence-corrected chi connectivity index (χ3v) is 4.21. The molecule has 2 aliphatic rings. The standard InChI is InChI=1S/C17H19NO5/c19-15-14(18-9-12-7-4-8-20-12)13-10-21-17(23-13)16(15)22-11-5-2-1-3-6-11/h1-8,13-19H,9-10H2/t13-,14+,15-,16-,17+/m0/s1. The van der Waals surface area contributed by atoms with Crippen LogP contribution >= 0.6 is 0 Å². The molecule has 6 heteroatoms. The van der Waals surface area contributed by atoms with E-state index in [1.165, 1.54) is 0 Å². The number of aliphatic hydroxyl groups excluding tert-OH is 1. The van der Waals surface area contributed by atoms with Gasteiger partial charge < -0.3 is 29.1 Å². The SMILES string of the molecule is O[C@H]1[C@H](NCc2ccco2)[C@@H]2CO[C@H](O2)[C@H]1Oc1ccccc1. The van der Waals surface area contributed by atoms with E-state index in [-0.39, 0.29) is 12.1 Å². The summed E-state index contributed by atoms with van der Waals surface area (Å²) in [4.78, 5) is 0. The summed E-state index contributed by atoms with van der Waals surface area (Å²) in [5.41, 5.74) is 0. The van der Waals surface area contributed by atoms with E-state index >= 15 is 0 Å². The molecule has 1 aromatic carbocycles. The van der Waals surface area contributed by atoms with Crippen LogP contribution in [-0.4, -0.2) is 42.4 Å². The summed E-state index contributed by atoms with van der Waals surface area (Å²) < 4.78 is 22.7. The molecule has 1 aromatic heterocycles. The second-order valence-corrected chi connectivity index (χ2v) is 5.75. The van der Waals surface area contributed by atoms with E-state index in [9.17, 15) is 5.11 Å². The molecule has 23 heavy (non-hydrogen) atoms. The van der Waals surface area contributed by atoms with Gasteiger partial charge in [-0.3, -0.25) is 0 Å². The highest BCUT2D eigenvalue weighted by Crippen LogP contribution is 2.31. The first kappa shape index (κ1) is 14.7. The molecule has 5 atom stereocenters. The fourth-order valence-electron chi connectivity index (χ4n) is 3.05. The maximum atomic E-state index is 10.7. The first-order valence-electron chi connectivity index (χ1n) is 7.74. The van der Waals surface area contributed by atoms with Gasteiger partial charge in [0.2, 0.25) is 0 Å². The van der Waals surface area contributed by atoms with Gasteiger partial charge in [0.05, 0.1) is 25.5 Å². The van der Waals surface area contributed by atoms with Crippen molar-refractivity contribution >= 4 is 0 Å². The number of rotatable bonds is 5. The van der Waals surface area contributed by atoms with Crippen LogP contribution in [-0.2, 0) is 16.0 Å². The number of benzene rings is 1. The maximum absolute atomic E-state index is 10.7. The van der Waals surface area contributed by atoms with E-state index < -0.39 is 18.5 Å². The molecule has 2 fully saturated rings. The highest BCUT2D eigenvalue weighted by molar-refractivity contribution is 5.22. The Balaban J connectivity index is 1.47. The Kier molecular flexibility index (Phi) is 4.05. The molecular formula is C17H19NO5. The minimum absolute atomic E-state index is 0.194. The summed E-state index contributed by atoms with van der Waals surface area (Å²) in [6.07, 6.45) is -0.431. The van der Waals surface area contributed by atoms with Crippen LogP contribution in [0, 0.1) is 0 Å². The van der Waals surface area contributed by atoms with Gasteiger partial charge in [-0.1, -0.05) is 18.2 Å². The molecule has 0 spiro atoms. The summed E-state index contributed by atoms with van der Waals surface area (Å²) in [6, 6.07) is 12.8. The monoisotopic (exact) mass is 317 g/mol. The number of nitrogens with one attached hydrogen (secondary N) is 1. The van der Waals surface area contributed by atoms with Crippen LogP contribution in [0.1, 0.15) is 5.76 Å². The molecule has 122 valence electrons. The summed E-state index contributed by atoms with van der Waals surface area (Å²) in [6.45, 7) is 0.948. The predicted octanol–water partition coefficient (Wildman–Crippen LogP) is 1.30. The van der Waals surface area contributed by atoms with Gasteiger partial charge in [-0.2, -0.15) is 0 Å². The molecule has 3 heterocycles. The lowest BCUT2D eigenvalue weighted by molar-refractivity contribution is -0.194. The number of aliphatic hydroxyl groups is 1. The number of fused-ring (bicyclic) bond motifs is 2. The molecule has 0 radical (unpaired) electrons. The minimum atomic E-state index is -0.739. The van der Waals surface area contributed by atoms with E-state index in [4.69, 9.17) is 18.6 Å². The van der Waals surface area contributed by atoms with E-state index in [1.807, 2.05) is 42.5 Å². The lowest BCUT2D eigenvalue weighted by Gasteiger charge is -2.38. The highest BCUT2D eigenvalue weighted by atomic mass is 16.7. The van der Waals surface area contributed by atoms with Gasteiger partial charge in [0.25, 0.3) is 0 Å². The molecule has 2 N–H and O–H groups in total. The summed E-state index contributed by atoms with van der Waals surface area (Å²) >= 11 is 0. The van der Waals surface area contributed by atoms with E-state index in [0.717, 1.165) is 5.76 Å². The molecule has 2 aromatic rings. The zero-order valence-electron chi connectivity index (χ0n) is 12.5. The Morgan fingerprint density at radius 3 is 2.83 bits per heavy atom. The van der Waals surface area contributed by atoms with Crippen LogP contribution < -0.4 is 10.1 Å². The molecule has 4 rings (SSSR count). The highest BCUT2D eigenvalue weighted by Gasteiger charge is 2.51. The number of hydrogen-bond acceptors (Lipinski definition) is 6. The number of furan rings is 1. The van der Waals surface area contributed by atoms with Crippen molar-refractivity contribution in [3.05, 3.63) is 54.5 Å². The van der Waals surface area contributed by atoms with E-state index in [0.29, 0.717) is 18.9 Å². The number of hydrogen-bond donors (Lipinski definition) is 2. The quantitative estimate of drug-likeness (QED) is 0.866. The molecule has 0 unspecified atom stereocenters. The topological polar surface area (TPSA) is 73.1 Å². The van der Waals surface area contributed by atoms with Crippen molar-refractivity contribution < 1.29 is 23.7 Å². The summed E-state index contributed by atoms with van der Waals surface area (Å²) in [7, 11) is 0. The van der Waals surface area contributed by atoms with Crippen molar-refractivity contribution in [2.45, 2.75) is 37.2 Å². The summed E-state index contributed by atoms with van der Waals surface area (Å²) in [5.74, 6) is 1.48. The number of para-hydroxylation sites is 1. The van der Waals surface area contributed by atoms with Gasteiger partial charge in [-0.05, 0) is 24.3 Å². The van der Waals surface area contributed by atoms with Crippen molar-refractivity contribution in [3.63, 3.8) is 0 Å². The second kappa shape index (κ2) is 6.33. The second-order valence-electron chi connectivity index (χ2n) is 5.75. The van der Waals surface area contributed by atoms with E-state index in [1.54, 1.807) is 6.26 Å². The third-order valence-electron chi connectivity index (χ3n) is 4.21. The van der Waals surface area contributed by atoms with Crippen LogP contribution in [0.2, 0.25) is 0 Å². The van der Waals surface area contributed by atoms with Crippen molar-refractivity contribution in [1.29, 1.82) is 0 Å². The van der Waals surface area contributed by atoms with Gasteiger partial charge in [-0.25, -0.2) is 0 Å². The Labute approximate surface area is 134 Å². The lowest BCUT2D eigenvalue weighted by atomic mass is 9.97. The van der Waals surface area contributed by atoms with Gasteiger partial charge in [-0.15, -0.1) is 0 Å². The molecule has 2 aliphatic heterocycles. The zero-order valence-corrected chi connectivity index (χ0v) is 12.5. The molecule has 0 saturated carbocycles. The Morgan fingerprint density at radius 1 is 1.17 bits per heavy atom. The normalized spacial score (nSPS) is 32.8. The van der Waals surface area contributed by atoms with Crippen LogP contribution in [0.5, 0.6) is 5.75 Å². The van der Waals surface area contributed by atoms with Gasteiger partial charge in [0.15, 0.2) is 12.4 Å². The first-order chi connectivity index (χ1) is 11.3. The van der Waals surface area contributed by atoms with Crippen molar-refractivity contribution in [1.82, 2.24) is 5.32 Å².